The molecule has 0 bridgehead atoms. The van der Waals surface area contributed by atoms with Crippen molar-refractivity contribution in [2.24, 2.45) is 5.73 Å². The van der Waals surface area contributed by atoms with E-state index in [1.807, 2.05) is 18.8 Å². The van der Waals surface area contributed by atoms with E-state index in [-0.39, 0.29) is 18.7 Å². The Labute approximate surface area is 101 Å². The molecule has 0 amide bonds. The van der Waals surface area contributed by atoms with Crippen molar-refractivity contribution in [2.75, 3.05) is 19.4 Å². The Balaban J connectivity index is 2.78. The zero-order valence-electron chi connectivity index (χ0n) is 9.81. The molecule has 1 aromatic carbocycles. The maximum absolute atomic E-state index is 9.07. The van der Waals surface area contributed by atoms with E-state index in [9.17, 15) is 0 Å². The lowest BCUT2D eigenvalue weighted by molar-refractivity contribution is 0.240. The zero-order chi connectivity index (χ0) is 12.0. The number of benzene rings is 1. The predicted octanol–water partition coefficient (Wildman–Crippen LogP) is 1.38. The second-order valence-electron chi connectivity index (χ2n) is 3.61. The summed E-state index contributed by atoms with van der Waals surface area (Å²) < 4.78 is 0. The van der Waals surface area contributed by atoms with Crippen LogP contribution in [0.3, 0.4) is 0 Å². The zero-order valence-corrected chi connectivity index (χ0v) is 10.6. The van der Waals surface area contributed by atoms with Crippen LogP contribution in [0.25, 0.3) is 0 Å². The van der Waals surface area contributed by atoms with E-state index < -0.39 is 0 Å². The van der Waals surface area contributed by atoms with Crippen LogP contribution in [-0.4, -0.2) is 30.6 Å². The molecule has 0 spiro atoms. The third-order valence-electron chi connectivity index (χ3n) is 2.50. The van der Waals surface area contributed by atoms with Crippen LogP contribution in [0.15, 0.2) is 29.2 Å². The van der Waals surface area contributed by atoms with Gasteiger partial charge in [0.2, 0.25) is 0 Å². The van der Waals surface area contributed by atoms with Gasteiger partial charge in [0.1, 0.15) is 0 Å². The van der Waals surface area contributed by atoms with Crippen molar-refractivity contribution in [3.05, 3.63) is 29.8 Å². The molecular weight excluding hydrogens is 220 g/mol. The average Bonchev–Trinajstić information content (AvgIpc) is 2.32. The van der Waals surface area contributed by atoms with Gasteiger partial charge in [-0.2, -0.15) is 0 Å². The van der Waals surface area contributed by atoms with Crippen molar-refractivity contribution < 1.29 is 5.11 Å². The number of aliphatic hydroxyl groups excluding tert-OH is 1. The summed E-state index contributed by atoms with van der Waals surface area (Å²) in [5.74, 6) is 1.07. The average molecular weight is 240 g/mol. The molecule has 0 heterocycles. The highest BCUT2D eigenvalue weighted by Crippen LogP contribution is 2.21. The molecule has 0 aliphatic rings. The Morgan fingerprint density at radius 2 is 2.00 bits per heavy atom. The highest BCUT2D eigenvalue weighted by atomic mass is 32.2. The lowest BCUT2D eigenvalue weighted by Gasteiger charge is -2.22. The number of nitrogens with one attached hydrogen (secondary N) is 1. The van der Waals surface area contributed by atoms with E-state index in [4.69, 9.17) is 10.8 Å². The van der Waals surface area contributed by atoms with E-state index in [0.717, 1.165) is 11.3 Å². The second-order valence-corrected chi connectivity index (χ2v) is 4.95. The standard InChI is InChI=1S/C12H20N2OS/c1-3-16-10-6-4-9(5-7-10)12(14-2)11(13)8-15/h4-7,11-12,14-15H,3,8,13H2,1-2H3. The van der Waals surface area contributed by atoms with Crippen LogP contribution >= 0.6 is 11.8 Å². The largest absolute Gasteiger partial charge is 0.395 e. The van der Waals surface area contributed by atoms with E-state index in [1.165, 1.54) is 4.90 Å². The number of hydrogen-bond acceptors (Lipinski definition) is 4. The molecule has 1 rings (SSSR count). The summed E-state index contributed by atoms with van der Waals surface area (Å²) >= 11 is 1.82. The number of likely N-dealkylation sites (N-methyl/N-ethyl adjacent to an activating group) is 1. The molecule has 0 fully saturated rings. The van der Waals surface area contributed by atoms with Gasteiger partial charge >= 0.3 is 0 Å². The summed E-state index contributed by atoms with van der Waals surface area (Å²) in [5, 5.41) is 12.2. The molecule has 2 atom stereocenters. The van der Waals surface area contributed by atoms with Gasteiger partial charge in [-0.05, 0) is 30.5 Å². The third kappa shape index (κ3) is 3.49. The SMILES string of the molecule is CCSc1ccc(C(NC)C(N)CO)cc1. The van der Waals surface area contributed by atoms with Crippen molar-refractivity contribution >= 4 is 11.8 Å². The van der Waals surface area contributed by atoms with Crippen LogP contribution < -0.4 is 11.1 Å². The van der Waals surface area contributed by atoms with E-state index >= 15 is 0 Å². The number of thioether (sulfide) groups is 1. The van der Waals surface area contributed by atoms with Gasteiger partial charge in [0.15, 0.2) is 0 Å². The number of rotatable bonds is 6. The van der Waals surface area contributed by atoms with Crippen LogP contribution in [0.5, 0.6) is 0 Å². The molecule has 0 saturated carbocycles. The number of nitrogens with two attached hydrogens (primary N) is 1. The Morgan fingerprint density at radius 3 is 2.44 bits per heavy atom. The molecule has 2 unspecified atom stereocenters. The highest BCUT2D eigenvalue weighted by molar-refractivity contribution is 7.99. The number of hydrogen-bond donors (Lipinski definition) is 3. The summed E-state index contributed by atoms with van der Waals surface area (Å²) in [4.78, 5) is 1.26. The molecule has 1 aromatic rings. The van der Waals surface area contributed by atoms with Crippen LogP contribution in [0.2, 0.25) is 0 Å². The van der Waals surface area contributed by atoms with Gasteiger partial charge in [-0.25, -0.2) is 0 Å². The monoisotopic (exact) mass is 240 g/mol. The summed E-state index contributed by atoms with van der Waals surface area (Å²) in [5.41, 5.74) is 6.95. The van der Waals surface area contributed by atoms with E-state index in [0.29, 0.717) is 0 Å². The Morgan fingerprint density at radius 1 is 1.38 bits per heavy atom. The minimum absolute atomic E-state index is 0.00526. The minimum atomic E-state index is -0.269. The van der Waals surface area contributed by atoms with Gasteiger partial charge in [-0.1, -0.05) is 19.1 Å². The first-order valence-electron chi connectivity index (χ1n) is 5.49. The van der Waals surface area contributed by atoms with Crippen molar-refractivity contribution in [3.8, 4) is 0 Å². The predicted molar refractivity (Wildman–Crippen MR) is 69.7 cm³/mol. The third-order valence-corrected chi connectivity index (χ3v) is 3.39. The van der Waals surface area contributed by atoms with Gasteiger partial charge < -0.3 is 16.2 Å². The van der Waals surface area contributed by atoms with Gasteiger partial charge in [0.05, 0.1) is 6.61 Å². The molecule has 0 saturated heterocycles. The second kappa shape index (κ2) is 6.91. The molecule has 16 heavy (non-hydrogen) atoms. The Hall–Kier alpha value is -0.550. The number of aliphatic hydroxyl groups is 1. The summed E-state index contributed by atoms with van der Waals surface area (Å²) in [6, 6.07) is 8.06. The van der Waals surface area contributed by atoms with Crippen molar-refractivity contribution in [2.45, 2.75) is 23.9 Å². The van der Waals surface area contributed by atoms with Gasteiger partial charge in [-0.3, -0.25) is 0 Å². The van der Waals surface area contributed by atoms with Crippen LogP contribution in [0.4, 0.5) is 0 Å². The molecule has 0 aromatic heterocycles. The Bertz CT molecular complexity index is 302. The van der Waals surface area contributed by atoms with E-state index in [2.05, 4.69) is 36.5 Å². The first kappa shape index (κ1) is 13.5. The quantitative estimate of drug-likeness (QED) is 0.658. The van der Waals surface area contributed by atoms with Crippen molar-refractivity contribution in [3.63, 3.8) is 0 Å². The first-order valence-corrected chi connectivity index (χ1v) is 6.48. The van der Waals surface area contributed by atoms with Gasteiger partial charge in [-0.15, -0.1) is 11.8 Å². The molecule has 4 heteroatoms. The summed E-state index contributed by atoms with van der Waals surface area (Å²) in [6.07, 6.45) is 0. The molecule has 3 nitrogen and oxygen atoms in total. The lowest BCUT2D eigenvalue weighted by Crippen LogP contribution is -2.38. The smallest absolute Gasteiger partial charge is 0.0601 e. The van der Waals surface area contributed by atoms with Crippen LogP contribution in [-0.2, 0) is 0 Å². The molecule has 90 valence electrons. The normalized spacial score (nSPS) is 14.8. The maximum atomic E-state index is 9.07. The fourth-order valence-corrected chi connectivity index (χ4v) is 2.33. The molecule has 0 radical (unpaired) electrons. The molecule has 4 N–H and O–H groups in total. The van der Waals surface area contributed by atoms with Gasteiger partial charge in [0, 0.05) is 17.0 Å². The fraction of sp³-hybridized carbons (Fsp3) is 0.500. The van der Waals surface area contributed by atoms with Crippen LogP contribution in [0, 0.1) is 0 Å². The molecular formula is C12H20N2OS. The van der Waals surface area contributed by atoms with E-state index in [1.54, 1.807) is 0 Å². The fourth-order valence-electron chi connectivity index (χ4n) is 1.67. The van der Waals surface area contributed by atoms with Crippen molar-refractivity contribution in [1.82, 2.24) is 5.32 Å². The first-order chi connectivity index (χ1) is 7.72. The van der Waals surface area contributed by atoms with Gasteiger partial charge in [0.25, 0.3) is 0 Å². The lowest BCUT2D eigenvalue weighted by atomic mass is 10.0. The summed E-state index contributed by atoms with van der Waals surface area (Å²) in [7, 11) is 1.86. The maximum Gasteiger partial charge on any atom is 0.0601 e. The molecule has 0 aliphatic carbocycles. The minimum Gasteiger partial charge on any atom is -0.395 e. The summed E-state index contributed by atoms with van der Waals surface area (Å²) in [6.45, 7) is 2.12. The highest BCUT2D eigenvalue weighted by Gasteiger charge is 2.16. The molecule has 0 aliphatic heterocycles. The van der Waals surface area contributed by atoms with Crippen LogP contribution in [0.1, 0.15) is 18.5 Å². The van der Waals surface area contributed by atoms with Crippen molar-refractivity contribution in [1.29, 1.82) is 0 Å². The topological polar surface area (TPSA) is 58.3 Å². The Kier molecular flexibility index (Phi) is 5.84.